The summed E-state index contributed by atoms with van der Waals surface area (Å²) in [5.74, 6) is -1.19. The van der Waals surface area contributed by atoms with E-state index in [2.05, 4.69) is 10.3 Å². The largest absolute Gasteiger partial charge is 0.477 e. The van der Waals surface area contributed by atoms with Crippen LogP contribution in [0.3, 0.4) is 0 Å². The number of carbonyl (C=O) groups is 2. The van der Waals surface area contributed by atoms with E-state index in [4.69, 9.17) is 4.74 Å². The van der Waals surface area contributed by atoms with Crippen LogP contribution in [0.5, 0.6) is 5.75 Å². The smallest absolute Gasteiger partial charge is 0.366 e. The average molecular weight is 342 g/mol. The highest BCUT2D eigenvalue weighted by molar-refractivity contribution is 6.04. The summed E-state index contributed by atoms with van der Waals surface area (Å²) in [6.07, 6.45) is 0. The van der Waals surface area contributed by atoms with Crippen LogP contribution in [-0.4, -0.2) is 34.9 Å². The van der Waals surface area contributed by atoms with Crippen LogP contribution in [0, 0.1) is 17.0 Å². The molecule has 2 amide bonds. The Morgan fingerprint density at radius 3 is 2.84 bits per heavy atom. The van der Waals surface area contributed by atoms with Gasteiger partial charge in [-0.3, -0.25) is 14.5 Å². The maximum Gasteiger partial charge on any atom is 0.366 e. The quantitative estimate of drug-likeness (QED) is 0.667. The number of anilines is 2. The van der Waals surface area contributed by atoms with Gasteiger partial charge in [-0.2, -0.15) is 0 Å². The molecule has 9 nitrogen and oxygen atoms in total. The lowest BCUT2D eigenvalue weighted by Gasteiger charge is -2.24. The highest BCUT2D eigenvalue weighted by atomic mass is 16.6. The molecule has 25 heavy (non-hydrogen) atoms. The molecule has 0 aliphatic carbocycles. The summed E-state index contributed by atoms with van der Waals surface area (Å²) in [7, 11) is 0. The zero-order chi connectivity index (χ0) is 18.0. The number of rotatable bonds is 4. The van der Waals surface area contributed by atoms with Crippen molar-refractivity contribution in [2.75, 3.05) is 23.4 Å². The minimum atomic E-state index is -0.676. The van der Waals surface area contributed by atoms with Crippen molar-refractivity contribution < 1.29 is 19.2 Å². The second-order valence-corrected chi connectivity index (χ2v) is 5.38. The fourth-order valence-electron chi connectivity index (χ4n) is 2.38. The molecular weight excluding hydrogens is 328 g/mol. The van der Waals surface area contributed by atoms with E-state index in [0.29, 0.717) is 5.69 Å². The Balaban J connectivity index is 1.84. The highest BCUT2D eigenvalue weighted by Gasteiger charge is 2.33. The maximum absolute atomic E-state index is 12.3. The molecular formula is C16H14N4O5. The van der Waals surface area contributed by atoms with Crippen molar-refractivity contribution in [1.29, 1.82) is 0 Å². The first kappa shape index (κ1) is 16.4. The van der Waals surface area contributed by atoms with Crippen molar-refractivity contribution in [1.82, 2.24) is 4.98 Å². The van der Waals surface area contributed by atoms with Gasteiger partial charge >= 0.3 is 5.82 Å². The number of aromatic nitrogens is 1. The Labute approximate surface area is 142 Å². The number of pyridine rings is 1. The third kappa shape index (κ3) is 3.39. The van der Waals surface area contributed by atoms with Gasteiger partial charge < -0.3 is 20.2 Å². The molecule has 2 heterocycles. The molecule has 0 atom stereocenters. The van der Waals surface area contributed by atoms with E-state index in [-0.39, 0.29) is 24.7 Å². The van der Waals surface area contributed by atoms with Crippen molar-refractivity contribution in [3.8, 4) is 5.75 Å². The molecule has 0 saturated carbocycles. The van der Waals surface area contributed by atoms with Crippen molar-refractivity contribution in [2.24, 2.45) is 0 Å². The number of nitro groups is 1. The van der Waals surface area contributed by atoms with Crippen molar-refractivity contribution in [3.63, 3.8) is 0 Å². The van der Waals surface area contributed by atoms with Gasteiger partial charge in [0.2, 0.25) is 5.91 Å². The van der Waals surface area contributed by atoms with Gasteiger partial charge in [0.15, 0.2) is 12.4 Å². The van der Waals surface area contributed by atoms with Crippen LogP contribution in [-0.2, 0) is 9.59 Å². The predicted molar refractivity (Wildman–Crippen MR) is 88.5 cm³/mol. The highest BCUT2D eigenvalue weighted by Crippen LogP contribution is 2.31. The van der Waals surface area contributed by atoms with E-state index < -0.39 is 22.6 Å². The summed E-state index contributed by atoms with van der Waals surface area (Å²) in [4.78, 5) is 39.5. The van der Waals surface area contributed by atoms with Crippen molar-refractivity contribution in [3.05, 3.63) is 52.1 Å². The second-order valence-electron chi connectivity index (χ2n) is 5.38. The molecule has 1 aliphatic heterocycles. The van der Waals surface area contributed by atoms with Crippen LogP contribution < -0.4 is 15.0 Å². The van der Waals surface area contributed by atoms with E-state index in [0.717, 1.165) is 10.5 Å². The van der Waals surface area contributed by atoms with Crippen LogP contribution in [0.1, 0.15) is 5.56 Å². The molecule has 1 N–H and O–H groups in total. The van der Waals surface area contributed by atoms with Gasteiger partial charge in [0, 0.05) is 11.8 Å². The summed E-state index contributed by atoms with van der Waals surface area (Å²) < 4.78 is 5.21. The normalized spacial score (nSPS) is 13.0. The molecule has 0 unspecified atom stereocenters. The Morgan fingerprint density at radius 1 is 1.36 bits per heavy atom. The number of para-hydroxylation sites is 1. The van der Waals surface area contributed by atoms with E-state index in [9.17, 15) is 19.7 Å². The SMILES string of the molecule is Cc1ccccc1NC(=O)CN1C(=O)COc2ccc([N+](=O)[O-])nc21. The maximum atomic E-state index is 12.3. The lowest BCUT2D eigenvalue weighted by Crippen LogP contribution is -2.44. The number of amides is 2. The summed E-state index contributed by atoms with van der Waals surface area (Å²) >= 11 is 0. The molecule has 1 aromatic carbocycles. The van der Waals surface area contributed by atoms with E-state index in [1.54, 1.807) is 12.1 Å². The number of hydrogen-bond donors (Lipinski definition) is 1. The minimum Gasteiger partial charge on any atom is -0.477 e. The number of ether oxygens (including phenoxy) is 1. The number of fused-ring (bicyclic) bond motifs is 1. The number of nitrogens with zero attached hydrogens (tertiary/aromatic N) is 3. The van der Waals surface area contributed by atoms with Gasteiger partial charge in [-0.25, -0.2) is 0 Å². The topological polar surface area (TPSA) is 115 Å². The molecule has 0 bridgehead atoms. The Kier molecular flexibility index (Phi) is 4.29. The summed E-state index contributed by atoms with van der Waals surface area (Å²) in [6, 6.07) is 9.75. The van der Waals surface area contributed by atoms with Crippen LogP contribution in [0.2, 0.25) is 0 Å². The van der Waals surface area contributed by atoms with E-state index in [1.807, 2.05) is 19.1 Å². The van der Waals surface area contributed by atoms with Crippen LogP contribution >= 0.6 is 0 Å². The Hall–Kier alpha value is -3.49. The third-order valence-electron chi connectivity index (χ3n) is 3.64. The van der Waals surface area contributed by atoms with Gasteiger partial charge in [-0.05, 0) is 34.5 Å². The number of carbonyl (C=O) groups excluding carboxylic acids is 2. The number of benzene rings is 1. The van der Waals surface area contributed by atoms with Gasteiger partial charge in [0.05, 0.1) is 0 Å². The number of aryl methyl sites for hydroxylation is 1. The standard InChI is InChI=1S/C16H14N4O5/c1-10-4-2-3-5-11(10)17-14(21)8-19-15(22)9-25-12-6-7-13(20(23)24)18-16(12)19/h2-7H,8-9H2,1H3,(H,17,21). The molecule has 0 saturated heterocycles. The molecule has 1 aliphatic rings. The summed E-state index contributed by atoms with van der Waals surface area (Å²) in [6.45, 7) is 1.26. The summed E-state index contributed by atoms with van der Waals surface area (Å²) in [5.41, 5.74) is 1.50. The monoisotopic (exact) mass is 342 g/mol. The first-order chi connectivity index (χ1) is 12.0. The number of hydrogen-bond acceptors (Lipinski definition) is 6. The fourth-order valence-corrected chi connectivity index (χ4v) is 2.38. The number of nitrogens with one attached hydrogen (secondary N) is 1. The van der Waals surface area contributed by atoms with Gasteiger partial charge in [0.1, 0.15) is 6.54 Å². The van der Waals surface area contributed by atoms with Crippen molar-refractivity contribution in [2.45, 2.75) is 6.92 Å². The molecule has 128 valence electrons. The molecule has 2 aromatic rings. The third-order valence-corrected chi connectivity index (χ3v) is 3.64. The lowest BCUT2D eigenvalue weighted by molar-refractivity contribution is -0.389. The molecule has 0 fully saturated rings. The molecule has 9 heteroatoms. The van der Waals surface area contributed by atoms with Crippen molar-refractivity contribution >= 4 is 29.1 Å². The zero-order valence-electron chi connectivity index (χ0n) is 13.3. The first-order valence-electron chi connectivity index (χ1n) is 7.40. The molecule has 3 rings (SSSR count). The Morgan fingerprint density at radius 2 is 2.12 bits per heavy atom. The Bertz CT molecular complexity index is 867. The van der Waals surface area contributed by atoms with E-state index in [1.165, 1.54) is 12.1 Å². The van der Waals surface area contributed by atoms with E-state index >= 15 is 0 Å². The van der Waals surface area contributed by atoms with Crippen LogP contribution in [0.4, 0.5) is 17.3 Å². The minimum absolute atomic E-state index is 0.0367. The molecule has 0 radical (unpaired) electrons. The summed E-state index contributed by atoms with van der Waals surface area (Å²) in [5, 5.41) is 13.6. The zero-order valence-corrected chi connectivity index (χ0v) is 13.3. The lowest BCUT2D eigenvalue weighted by atomic mass is 10.2. The fraction of sp³-hybridized carbons (Fsp3) is 0.188. The van der Waals surface area contributed by atoms with Crippen LogP contribution in [0.25, 0.3) is 0 Å². The molecule has 0 spiro atoms. The average Bonchev–Trinajstić information content (AvgIpc) is 2.59. The molecule has 1 aromatic heterocycles. The first-order valence-corrected chi connectivity index (χ1v) is 7.40. The second kappa shape index (κ2) is 6.56. The van der Waals surface area contributed by atoms with Gasteiger partial charge in [-0.1, -0.05) is 18.2 Å². The van der Waals surface area contributed by atoms with Gasteiger partial charge in [0.25, 0.3) is 11.7 Å². The van der Waals surface area contributed by atoms with Gasteiger partial charge in [-0.15, -0.1) is 0 Å². The predicted octanol–water partition coefficient (Wildman–Crippen LogP) is 1.66. The van der Waals surface area contributed by atoms with Crippen LogP contribution in [0.15, 0.2) is 36.4 Å².